The smallest absolute Gasteiger partial charge is 0.370 e. The van der Waals surface area contributed by atoms with E-state index in [0.717, 1.165) is 82.7 Å². The quantitative estimate of drug-likeness (QED) is 0.122. The molecule has 5 rings (SSSR count). The Morgan fingerprint density at radius 1 is 0.619 bits per heavy atom. The van der Waals surface area contributed by atoms with Gasteiger partial charge in [-0.3, -0.25) is 57.5 Å². The molecule has 0 aromatic heterocycles. The number of piperidine rings is 1. The summed E-state index contributed by atoms with van der Waals surface area (Å²) < 4.78 is 86.4. The Morgan fingerprint density at radius 2 is 1.22 bits per heavy atom. The van der Waals surface area contributed by atoms with E-state index < -0.39 is 195 Å². The highest BCUT2D eigenvalue weighted by atomic mass is 35.5. The van der Waals surface area contributed by atoms with Crippen LogP contribution in [-0.2, 0) is 74.9 Å². The van der Waals surface area contributed by atoms with E-state index in [4.69, 9.17) is 16.3 Å². The van der Waals surface area contributed by atoms with Crippen LogP contribution in [0, 0.1) is 23.7 Å². The third-order valence-corrected chi connectivity index (χ3v) is 21.2. The zero-order valence-electron chi connectivity index (χ0n) is 63.1. The summed E-state index contributed by atoms with van der Waals surface area (Å²) in [6, 6.07) is -4.93. The number of ether oxygens (including phenoxy) is 1. The third kappa shape index (κ3) is 27.2. The average Bonchev–Trinajstić information content (AvgIpc) is 0.813. The van der Waals surface area contributed by atoms with E-state index in [1.165, 1.54) is 68.9 Å². The van der Waals surface area contributed by atoms with Crippen molar-refractivity contribution in [3.05, 3.63) is 34.3 Å². The van der Waals surface area contributed by atoms with Crippen molar-refractivity contribution in [1.82, 2.24) is 60.0 Å². The van der Waals surface area contributed by atoms with E-state index >= 15 is 4.79 Å². The van der Waals surface area contributed by atoms with Crippen LogP contribution in [0.2, 0.25) is 5.02 Å². The van der Waals surface area contributed by atoms with Crippen LogP contribution in [0.5, 0.6) is 0 Å². The minimum Gasteiger partial charge on any atom is -0.370 e. The highest BCUT2D eigenvalue weighted by molar-refractivity contribution is 6.31. The van der Waals surface area contributed by atoms with Crippen LogP contribution >= 0.6 is 11.6 Å². The summed E-state index contributed by atoms with van der Waals surface area (Å²) in [4.78, 5) is 186. The van der Waals surface area contributed by atoms with Crippen molar-refractivity contribution in [2.24, 2.45) is 23.7 Å². The van der Waals surface area contributed by atoms with Crippen molar-refractivity contribution < 1.29 is 88.6 Å². The van der Waals surface area contributed by atoms with Gasteiger partial charge in [-0.2, -0.15) is 26.3 Å². The third-order valence-electron chi connectivity index (χ3n) is 20.9. The number of likely N-dealkylation sites (tertiary alicyclic amines) is 1. The molecule has 592 valence electrons. The van der Waals surface area contributed by atoms with Gasteiger partial charge >= 0.3 is 12.4 Å². The number of carbonyl (C=O) groups is 12. The number of nitrogens with one attached hydrogen (secondary N) is 3. The van der Waals surface area contributed by atoms with Crippen LogP contribution in [0.1, 0.15) is 174 Å². The lowest BCUT2D eigenvalue weighted by Gasteiger charge is -2.41. The lowest BCUT2D eigenvalue weighted by Crippen LogP contribution is -2.60. The maximum absolute atomic E-state index is 15.3. The largest absolute Gasteiger partial charge is 0.417 e. The SMILES string of the molecule is CC[C@H](C)[C@@H]1NC(=O)[C@H](CC(C)C)N(C)C(=O)C[C@@H](C(=O)N2CCCCC2)N(C)C(=O)[C@H](C2CCCCC2)N(C)C(=O)CCCCNC(=O)CN(CCOCC(F)(F)F)C(=O)[C@H](CCc2ccc(C(F)(F)F)c(Cl)c2)NC(=O)CN(C)C(=O)[C@H](CC2CCCCC2)N(C)C(=O)CN(C)C(=O)CN(C)C1=O. The van der Waals surface area contributed by atoms with Gasteiger partial charge in [-0.25, -0.2) is 0 Å². The van der Waals surface area contributed by atoms with Crippen molar-refractivity contribution in [3.63, 3.8) is 0 Å². The maximum atomic E-state index is 15.3. The molecule has 25 nitrogen and oxygen atoms in total. The second-order valence-corrected chi connectivity index (χ2v) is 29.9. The highest BCUT2D eigenvalue weighted by Gasteiger charge is 2.44. The molecule has 7 atom stereocenters. The first kappa shape index (κ1) is 88.3. The first-order valence-corrected chi connectivity index (χ1v) is 37.4. The summed E-state index contributed by atoms with van der Waals surface area (Å²) in [6.45, 7) is 2.00. The minimum absolute atomic E-state index is 0.0513. The number of aryl methyl sites for hydroxylation is 1. The molecule has 2 saturated heterocycles. The number of carbonyl (C=O) groups excluding carboxylic acids is 12. The molecule has 12 amide bonds. The molecule has 4 aliphatic rings. The molecule has 32 heteroatoms. The fraction of sp³-hybridized carbons (Fsp3) is 0.753. The summed E-state index contributed by atoms with van der Waals surface area (Å²) in [5.41, 5.74) is -0.980. The number of hydrogen-bond acceptors (Lipinski definition) is 13. The van der Waals surface area contributed by atoms with Gasteiger partial charge in [0.2, 0.25) is 70.9 Å². The molecule has 1 aromatic rings. The molecule has 0 unspecified atom stereocenters. The summed E-state index contributed by atoms with van der Waals surface area (Å²) in [5.74, 6) is -9.58. The average molecular weight is 1520 g/mol. The van der Waals surface area contributed by atoms with Gasteiger partial charge in [0, 0.05) is 81.9 Å². The number of benzene rings is 1. The zero-order valence-corrected chi connectivity index (χ0v) is 63.9. The first-order chi connectivity index (χ1) is 49.3. The van der Waals surface area contributed by atoms with Gasteiger partial charge in [0.05, 0.1) is 49.8 Å². The molecule has 2 aliphatic heterocycles. The van der Waals surface area contributed by atoms with Gasteiger partial charge in [0.1, 0.15) is 42.9 Å². The maximum Gasteiger partial charge on any atom is 0.417 e. The Kier molecular flexibility index (Phi) is 35.1. The van der Waals surface area contributed by atoms with Crippen LogP contribution in [0.15, 0.2) is 18.2 Å². The second-order valence-electron chi connectivity index (χ2n) is 29.5. The van der Waals surface area contributed by atoms with Gasteiger partial charge in [0.25, 0.3) is 0 Å². The Morgan fingerprint density at radius 3 is 1.82 bits per heavy atom. The van der Waals surface area contributed by atoms with Gasteiger partial charge in [-0.05, 0) is 112 Å². The number of likely N-dealkylation sites (N-methyl/N-ethyl adjacent to an activating group) is 7. The minimum atomic E-state index is -4.83. The van der Waals surface area contributed by atoms with E-state index in [9.17, 15) is 79.1 Å². The molecule has 0 spiro atoms. The van der Waals surface area contributed by atoms with Crippen molar-refractivity contribution in [2.75, 3.05) is 115 Å². The molecular formula is C73H113ClF6N12O13. The topological polar surface area (TPSA) is 279 Å². The molecule has 2 saturated carbocycles. The standard InChI is InChI=1S/C73H113ClF6N12O13/c1-12-48(4)64-70(103)86(7)44-62(97)84(5)45-63(98)88(9)56(40-49-24-16-13-17-25-49)68(101)85(6)42-59(94)82-54(32-30-50-29-31-52(53(74)39-50)73(78,79)80)67(100)92(36-37-105-46-72(75,76)77)43-58(93)81-33-21-20-28-60(95)90(11)65(51-26-18-14-19-27-51)71(104)89(10)57(69(102)91-34-22-15-23-35-91)41-61(96)87(8)55(38-47(2)3)66(99)83-64/h29,31,39,47-49,51,54-57,64-65H,12-28,30,32-38,40-46H2,1-11H3,(H,81,93)(H,82,94)(H,83,99)/t48-,54-,55-,56-,57-,64-,65-/m0/s1. The van der Waals surface area contributed by atoms with Gasteiger partial charge in [-0.1, -0.05) is 103 Å². The molecule has 0 radical (unpaired) electrons. The molecule has 3 N–H and O–H groups in total. The molecule has 1 aromatic carbocycles. The van der Waals surface area contributed by atoms with Crippen molar-refractivity contribution in [1.29, 1.82) is 0 Å². The molecule has 2 aliphatic carbocycles. The summed E-state index contributed by atoms with van der Waals surface area (Å²) in [6.07, 6.45) is -0.178. The summed E-state index contributed by atoms with van der Waals surface area (Å²) in [7, 11) is 9.70. The van der Waals surface area contributed by atoms with E-state index in [-0.39, 0.29) is 68.4 Å². The number of alkyl halides is 6. The number of rotatable bonds is 15. The Bertz CT molecular complexity index is 3130. The summed E-state index contributed by atoms with van der Waals surface area (Å²) >= 11 is 6.07. The van der Waals surface area contributed by atoms with E-state index in [1.54, 1.807) is 11.8 Å². The van der Waals surface area contributed by atoms with Crippen molar-refractivity contribution in [2.45, 2.75) is 218 Å². The predicted molar refractivity (Wildman–Crippen MR) is 380 cm³/mol. The Hall–Kier alpha value is -7.31. The van der Waals surface area contributed by atoms with Crippen molar-refractivity contribution in [3.8, 4) is 0 Å². The fourth-order valence-electron chi connectivity index (χ4n) is 14.2. The van der Waals surface area contributed by atoms with Crippen LogP contribution in [0.25, 0.3) is 0 Å². The normalized spacial score (nSPS) is 24.4. The van der Waals surface area contributed by atoms with Crippen LogP contribution < -0.4 is 16.0 Å². The molecular weight excluding hydrogens is 1400 g/mol. The lowest BCUT2D eigenvalue weighted by molar-refractivity contribution is -0.175. The van der Waals surface area contributed by atoms with Gasteiger partial charge in [0.15, 0.2) is 0 Å². The Labute approximate surface area is 619 Å². The number of amides is 12. The van der Waals surface area contributed by atoms with E-state index in [0.29, 0.717) is 58.0 Å². The van der Waals surface area contributed by atoms with Crippen LogP contribution in [0.4, 0.5) is 26.3 Å². The Balaban J connectivity index is 1.56. The van der Waals surface area contributed by atoms with E-state index in [2.05, 4.69) is 16.0 Å². The van der Waals surface area contributed by atoms with Gasteiger partial charge < -0.3 is 64.8 Å². The van der Waals surface area contributed by atoms with Crippen molar-refractivity contribution >= 4 is 82.5 Å². The zero-order chi connectivity index (χ0) is 78.2. The monoisotopic (exact) mass is 1510 g/mol. The molecule has 2 heterocycles. The fourth-order valence-corrected chi connectivity index (χ4v) is 14.5. The lowest BCUT2D eigenvalue weighted by atomic mass is 9.82. The van der Waals surface area contributed by atoms with E-state index in [1.807, 2.05) is 20.8 Å². The van der Waals surface area contributed by atoms with Crippen LogP contribution in [-0.4, -0.2) is 272 Å². The number of hydrogen-bond donors (Lipinski definition) is 3. The first-order valence-electron chi connectivity index (χ1n) is 37.1. The highest BCUT2D eigenvalue weighted by Crippen LogP contribution is 2.36. The van der Waals surface area contributed by atoms with Gasteiger partial charge in [-0.15, -0.1) is 0 Å². The molecule has 4 fully saturated rings. The van der Waals surface area contributed by atoms with Crippen LogP contribution in [0.3, 0.4) is 0 Å². The predicted octanol–water partition coefficient (Wildman–Crippen LogP) is 6.70. The second kappa shape index (κ2) is 41.7. The number of halogens is 7. The summed E-state index contributed by atoms with van der Waals surface area (Å²) in [5, 5.41) is 7.43. The number of nitrogens with zero attached hydrogens (tertiary/aromatic N) is 9. The molecule has 0 bridgehead atoms. The molecule has 105 heavy (non-hydrogen) atoms.